The number of alkyl halides is 2. The molecule has 0 aliphatic heterocycles. The molecule has 26 heavy (non-hydrogen) atoms. The van der Waals surface area contributed by atoms with Crippen molar-refractivity contribution in [3.05, 3.63) is 0 Å². The molecular formula is C16H29F2O5PS2. The van der Waals surface area contributed by atoms with Crippen molar-refractivity contribution in [1.82, 2.24) is 0 Å². The van der Waals surface area contributed by atoms with Crippen LogP contribution in [0.15, 0.2) is 0 Å². The van der Waals surface area contributed by atoms with Gasteiger partial charge in [0, 0.05) is 31.3 Å². The van der Waals surface area contributed by atoms with Gasteiger partial charge in [-0.1, -0.05) is 51.2 Å². The largest absolute Gasteiger partial charge is 0.399 e. The summed E-state index contributed by atoms with van der Waals surface area (Å²) in [6.45, 7) is 7.51. The Morgan fingerprint density at radius 1 is 0.923 bits per heavy atom. The molecule has 0 rings (SSSR count). The minimum atomic E-state index is -4.66. The average Bonchev–Trinajstić information content (AvgIpc) is 2.45. The van der Waals surface area contributed by atoms with Crippen LogP contribution in [-0.2, 0) is 23.2 Å². The van der Waals surface area contributed by atoms with Crippen LogP contribution < -0.4 is 0 Å². The third kappa shape index (κ3) is 11.7. The summed E-state index contributed by atoms with van der Waals surface area (Å²) in [5.41, 5.74) is -3.66. The summed E-state index contributed by atoms with van der Waals surface area (Å²) in [6, 6.07) is 0. The molecule has 0 aromatic heterocycles. The van der Waals surface area contributed by atoms with E-state index in [1.54, 1.807) is 0 Å². The Morgan fingerprint density at radius 3 is 1.54 bits per heavy atom. The number of rotatable bonds is 13. The van der Waals surface area contributed by atoms with E-state index >= 15 is 0 Å². The van der Waals surface area contributed by atoms with Gasteiger partial charge in [0.2, 0.25) is 0 Å². The highest BCUT2D eigenvalue weighted by molar-refractivity contribution is 8.13. The molecule has 0 amide bonds. The van der Waals surface area contributed by atoms with Gasteiger partial charge >= 0.3 is 13.3 Å². The lowest BCUT2D eigenvalue weighted by atomic mass is 10.2. The second kappa shape index (κ2) is 12.5. The molecule has 0 aliphatic rings. The van der Waals surface area contributed by atoms with Crippen LogP contribution in [0.25, 0.3) is 0 Å². The van der Waals surface area contributed by atoms with Gasteiger partial charge in [-0.15, -0.1) is 0 Å². The van der Waals surface area contributed by atoms with Crippen molar-refractivity contribution in [3.8, 4) is 0 Å². The van der Waals surface area contributed by atoms with Crippen molar-refractivity contribution in [2.75, 3.05) is 24.7 Å². The van der Waals surface area contributed by atoms with Gasteiger partial charge in [0.05, 0.1) is 13.2 Å². The van der Waals surface area contributed by atoms with Crippen molar-refractivity contribution < 1.29 is 32.0 Å². The van der Waals surface area contributed by atoms with Crippen molar-refractivity contribution >= 4 is 41.4 Å². The molecule has 10 heteroatoms. The van der Waals surface area contributed by atoms with E-state index in [0.29, 0.717) is 19.8 Å². The number of carbonyl (C=O) groups is 2. The lowest BCUT2D eigenvalue weighted by Gasteiger charge is -2.23. The van der Waals surface area contributed by atoms with E-state index < -0.39 is 13.3 Å². The number of hydrogen-bond donors (Lipinski definition) is 0. The predicted molar refractivity (Wildman–Crippen MR) is 104 cm³/mol. The molecule has 154 valence electrons. The molecule has 0 aromatic rings. The summed E-state index contributed by atoms with van der Waals surface area (Å²) in [6.07, 6.45) is 0.759. The Morgan fingerprint density at radius 2 is 1.27 bits per heavy atom. The number of thioether (sulfide) groups is 2. The second-order valence-corrected chi connectivity index (χ2v) is 11.2. The third-order valence-electron chi connectivity index (χ3n) is 2.85. The fourth-order valence-corrected chi connectivity index (χ4v) is 4.80. The molecule has 0 radical (unpaired) electrons. The normalized spacial score (nSPS) is 12.8. The molecule has 5 nitrogen and oxygen atoms in total. The van der Waals surface area contributed by atoms with Crippen LogP contribution >= 0.6 is 31.1 Å². The zero-order valence-electron chi connectivity index (χ0n) is 16.0. The van der Waals surface area contributed by atoms with Crippen LogP contribution in [0, 0.1) is 11.8 Å². The molecule has 0 N–H and O–H groups in total. The number of hydrogen-bond acceptors (Lipinski definition) is 7. The fraction of sp³-hybridized carbons (Fsp3) is 0.875. The summed E-state index contributed by atoms with van der Waals surface area (Å²) in [7, 11) is -4.66. The SMILES string of the molecule is CC(C)CC(=O)SCCOP(=O)(OCCSC(=O)CC(C)C)C(C)(F)F. The monoisotopic (exact) mass is 434 g/mol. The molecule has 0 saturated carbocycles. The van der Waals surface area contributed by atoms with Gasteiger partial charge < -0.3 is 9.05 Å². The van der Waals surface area contributed by atoms with E-state index in [1.807, 2.05) is 27.7 Å². The summed E-state index contributed by atoms with van der Waals surface area (Å²) in [4.78, 5) is 23.1. The maximum atomic E-state index is 13.6. The second-order valence-electron chi connectivity index (χ2n) is 6.64. The van der Waals surface area contributed by atoms with Gasteiger partial charge in [0.1, 0.15) is 0 Å². The van der Waals surface area contributed by atoms with Gasteiger partial charge in [-0.3, -0.25) is 14.2 Å². The lowest BCUT2D eigenvalue weighted by Crippen LogP contribution is -2.18. The van der Waals surface area contributed by atoms with E-state index in [-0.39, 0.29) is 46.8 Å². The van der Waals surface area contributed by atoms with Crippen LogP contribution in [0.2, 0.25) is 0 Å². The quantitative estimate of drug-likeness (QED) is 0.282. The van der Waals surface area contributed by atoms with Crippen molar-refractivity contribution in [2.24, 2.45) is 11.8 Å². The van der Waals surface area contributed by atoms with E-state index in [0.717, 1.165) is 23.5 Å². The molecule has 0 aliphatic carbocycles. The first-order chi connectivity index (χ1) is 11.9. The van der Waals surface area contributed by atoms with Gasteiger partial charge in [-0.25, -0.2) is 0 Å². The van der Waals surface area contributed by atoms with Crippen molar-refractivity contribution in [1.29, 1.82) is 0 Å². The number of halogens is 2. The smallest absolute Gasteiger partial charge is 0.304 e. The molecule has 0 unspecified atom stereocenters. The molecule has 0 aromatic carbocycles. The maximum Gasteiger partial charge on any atom is 0.399 e. The summed E-state index contributed by atoms with van der Waals surface area (Å²) < 4.78 is 49.2. The molecule has 0 spiro atoms. The Bertz CT molecular complexity index is 462. The molecule has 0 heterocycles. The zero-order chi connectivity index (χ0) is 20.4. The standard InChI is InChI=1S/C16H29F2O5PS2/c1-12(2)10-14(19)25-8-6-22-24(21,16(5,17)18)23-7-9-26-15(20)11-13(3)4/h12-13H,6-11H2,1-5H3. The van der Waals surface area contributed by atoms with Gasteiger partial charge in [0.25, 0.3) is 0 Å². The predicted octanol–water partition coefficient (Wildman–Crippen LogP) is 5.44. The topological polar surface area (TPSA) is 69.7 Å². The van der Waals surface area contributed by atoms with E-state index in [9.17, 15) is 22.9 Å². The van der Waals surface area contributed by atoms with E-state index in [1.165, 1.54) is 0 Å². The minimum Gasteiger partial charge on any atom is -0.304 e. The van der Waals surface area contributed by atoms with Crippen LogP contribution in [0.4, 0.5) is 8.78 Å². The van der Waals surface area contributed by atoms with Crippen molar-refractivity contribution in [2.45, 2.75) is 53.1 Å². The molecule has 0 bridgehead atoms. The van der Waals surface area contributed by atoms with Crippen molar-refractivity contribution in [3.63, 3.8) is 0 Å². The Hall–Kier alpha value is 0.0500. The highest BCUT2D eigenvalue weighted by Crippen LogP contribution is 2.61. The zero-order valence-corrected chi connectivity index (χ0v) is 18.5. The van der Waals surface area contributed by atoms with Gasteiger partial charge in [-0.2, -0.15) is 8.78 Å². The Kier molecular flexibility index (Phi) is 12.5. The van der Waals surface area contributed by atoms with Crippen LogP contribution in [0.1, 0.15) is 47.5 Å². The fourth-order valence-electron chi connectivity index (χ4n) is 1.67. The Labute approximate surface area is 163 Å². The lowest BCUT2D eigenvalue weighted by molar-refractivity contribution is -0.112. The van der Waals surface area contributed by atoms with Crippen LogP contribution in [0.3, 0.4) is 0 Å². The third-order valence-corrected chi connectivity index (χ3v) is 6.57. The van der Waals surface area contributed by atoms with Gasteiger partial charge in [-0.05, 0) is 11.8 Å². The first-order valence-electron chi connectivity index (χ1n) is 8.45. The Balaban J connectivity index is 4.34. The molecule has 0 atom stereocenters. The van der Waals surface area contributed by atoms with E-state index in [4.69, 9.17) is 9.05 Å². The number of carbonyl (C=O) groups excluding carboxylic acids is 2. The average molecular weight is 435 g/mol. The maximum absolute atomic E-state index is 13.6. The minimum absolute atomic E-state index is 0.0670. The van der Waals surface area contributed by atoms with Crippen LogP contribution in [-0.4, -0.2) is 40.6 Å². The molecular weight excluding hydrogens is 405 g/mol. The highest BCUT2D eigenvalue weighted by atomic mass is 32.2. The van der Waals surface area contributed by atoms with Crippen LogP contribution in [0.5, 0.6) is 0 Å². The van der Waals surface area contributed by atoms with E-state index in [2.05, 4.69) is 0 Å². The summed E-state index contributed by atoms with van der Waals surface area (Å²) in [5, 5.41) is -0.134. The first-order valence-corrected chi connectivity index (χ1v) is 12.0. The molecule has 0 fully saturated rings. The summed E-state index contributed by atoms with van der Waals surface area (Å²) in [5.74, 6) is 0.662. The summed E-state index contributed by atoms with van der Waals surface area (Å²) >= 11 is 1.92. The highest BCUT2D eigenvalue weighted by Gasteiger charge is 2.49. The molecule has 0 saturated heterocycles. The van der Waals surface area contributed by atoms with Gasteiger partial charge in [0.15, 0.2) is 10.2 Å². The first kappa shape index (κ1) is 26.1.